The fraction of sp³-hybridized carbons (Fsp3) is 0.600. The zero-order valence-electron chi connectivity index (χ0n) is 15.7. The average molecular weight is 346 g/mol. The minimum atomic E-state index is -0.484. The zero-order valence-corrected chi connectivity index (χ0v) is 15.7. The van der Waals surface area contributed by atoms with E-state index in [9.17, 15) is 9.59 Å². The second-order valence-electron chi connectivity index (χ2n) is 7.68. The lowest BCUT2D eigenvalue weighted by molar-refractivity contribution is -0.153. The highest BCUT2D eigenvalue weighted by Crippen LogP contribution is 2.26. The van der Waals surface area contributed by atoms with Crippen LogP contribution in [0.15, 0.2) is 30.3 Å². The molecule has 0 radical (unpaired) electrons. The Morgan fingerprint density at radius 1 is 1.16 bits per heavy atom. The first kappa shape index (κ1) is 19.4. The van der Waals surface area contributed by atoms with Gasteiger partial charge in [0.05, 0.1) is 13.2 Å². The van der Waals surface area contributed by atoms with Crippen LogP contribution in [0, 0.1) is 5.41 Å². The lowest BCUT2D eigenvalue weighted by Crippen LogP contribution is -2.66. The molecule has 2 amide bonds. The first-order valence-electron chi connectivity index (χ1n) is 9.07. The van der Waals surface area contributed by atoms with E-state index in [0.717, 1.165) is 12.0 Å². The Bertz CT molecular complexity index is 580. The molecule has 1 saturated heterocycles. The molecule has 1 fully saturated rings. The summed E-state index contributed by atoms with van der Waals surface area (Å²) in [5, 5.41) is 2.92. The predicted molar refractivity (Wildman–Crippen MR) is 97.9 cm³/mol. The standard InChI is InChI=1S/C20H30N2O3/c1-5-9-16-18(23)21-17(20(2,3)4)19(24)22(16)12-13-25-14-15-10-7-6-8-11-15/h6-8,10-11,16-17H,5,9,12-14H2,1-4H3,(H,21,23). The van der Waals surface area contributed by atoms with Crippen molar-refractivity contribution in [2.75, 3.05) is 13.2 Å². The van der Waals surface area contributed by atoms with Gasteiger partial charge in [0.25, 0.3) is 0 Å². The fourth-order valence-electron chi connectivity index (χ4n) is 3.10. The highest BCUT2D eigenvalue weighted by molar-refractivity contribution is 5.97. The Morgan fingerprint density at radius 2 is 1.84 bits per heavy atom. The molecule has 0 aliphatic carbocycles. The lowest BCUT2D eigenvalue weighted by atomic mass is 9.83. The van der Waals surface area contributed by atoms with E-state index in [1.807, 2.05) is 58.0 Å². The van der Waals surface area contributed by atoms with Gasteiger partial charge in [-0.3, -0.25) is 9.59 Å². The summed E-state index contributed by atoms with van der Waals surface area (Å²) < 4.78 is 5.73. The summed E-state index contributed by atoms with van der Waals surface area (Å²) in [6.45, 7) is 9.31. The molecular weight excluding hydrogens is 316 g/mol. The van der Waals surface area contributed by atoms with Crippen LogP contribution in [0.5, 0.6) is 0 Å². The molecule has 0 saturated carbocycles. The number of benzene rings is 1. The van der Waals surface area contributed by atoms with E-state index in [1.165, 1.54) is 0 Å². The molecule has 5 nitrogen and oxygen atoms in total. The second-order valence-corrected chi connectivity index (χ2v) is 7.68. The van der Waals surface area contributed by atoms with Gasteiger partial charge < -0.3 is 15.0 Å². The molecule has 1 heterocycles. The van der Waals surface area contributed by atoms with Crippen molar-refractivity contribution < 1.29 is 14.3 Å². The first-order chi connectivity index (χ1) is 11.8. The third-order valence-corrected chi connectivity index (χ3v) is 4.51. The number of piperazine rings is 1. The summed E-state index contributed by atoms with van der Waals surface area (Å²) in [4.78, 5) is 27.1. The molecule has 1 aromatic carbocycles. The second kappa shape index (κ2) is 8.48. The van der Waals surface area contributed by atoms with Crippen LogP contribution in [-0.4, -0.2) is 41.9 Å². The van der Waals surface area contributed by atoms with Crippen molar-refractivity contribution in [2.45, 2.75) is 59.2 Å². The molecule has 5 heteroatoms. The minimum absolute atomic E-state index is 0.00568. The molecular formula is C20H30N2O3. The van der Waals surface area contributed by atoms with Crippen LogP contribution in [0.2, 0.25) is 0 Å². The normalized spacial score (nSPS) is 21.4. The number of hydrogen-bond acceptors (Lipinski definition) is 3. The largest absolute Gasteiger partial charge is 0.375 e. The summed E-state index contributed by atoms with van der Waals surface area (Å²) in [6.07, 6.45) is 1.53. The Hall–Kier alpha value is -1.88. The van der Waals surface area contributed by atoms with Crippen molar-refractivity contribution in [2.24, 2.45) is 5.41 Å². The molecule has 1 N–H and O–H groups in total. The van der Waals surface area contributed by atoms with Crippen LogP contribution in [-0.2, 0) is 20.9 Å². The van der Waals surface area contributed by atoms with E-state index >= 15 is 0 Å². The highest BCUT2D eigenvalue weighted by Gasteiger charge is 2.44. The van der Waals surface area contributed by atoms with Crippen LogP contribution >= 0.6 is 0 Å². The molecule has 0 spiro atoms. The van der Waals surface area contributed by atoms with Gasteiger partial charge in [-0.2, -0.15) is 0 Å². The number of nitrogens with one attached hydrogen (secondary N) is 1. The summed E-state index contributed by atoms with van der Waals surface area (Å²) in [5.41, 5.74) is 0.787. The van der Waals surface area contributed by atoms with Crippen molar-refractivity contribution in [1.82, 2.24) is 10.2 Å². The quantitative estimate of drug-likeness (QED) is 0.772. The summed E-state index contributed by atoms with van der Waals surface area (Å²) in [7, 11) is 0. The monoisotopic (exact) mass is 346 g/mol. The average Bonchev–Trinajstić information content (AvgIpc) is 2.56. The lowest BCUT2D eigenvalue weighted by Gasteiger charge is -2.43. The van der Waals surface area contributed by atoms with Crippen molar-refractivity contribution in [3.05, 3.63) is 35.9 Å². The molecule has 1 aliphatic heterocycles. The van der Waals surface area contributed by atoms with Gasteiger partial charge >= 0.3 is 0 Å². The molecule has 1 aliphatic rings. The predicted octanol–water partition coefficient (Wildman–Crippen LogP) is 2.75. The molecule has 138 valence electrons. The Balaban J connectivity index is 1.99. The number of rotatable bonds is 7. The van der Waals surface area contributed by atoms with Crippen molar-refractivity contribution in [1.29, 1.82) is 0 Å². The number of carbonyl (C=O) groups excluding carboxylic acids is 2. The van der Waals surface area contributed by atoms with Gasteiger partial charge in [0.2, 0.25) is 11.8 Å². The Morgan fingerprint density at radius 3 is 2.44 bits per heavy atom. The zero-order chi connectivity index (χ0) is 18.4. The third kappa shape index (κ3) is 5.05. The van der Waals surface area contributed by atoms with E-state index in [-0.39, 0.29) is 17.2 Å². The van der Waals surface area contributed by atoms with Gasteiger partial charge in [-0.15, -0.1) is 0 Å². The van der Waals surface area contributed by atoms with Crippen molar-refractivity contribution in [3.8, 4) is 0 Å². The Kier molecular flexibility index (Phi) is 6.59. The maximum Gasteiger partial charge on any atom is 0.246 e. The van der Waals surface area contributed by atoms with Gasteiger partial charge in [0, 0.05) is 6.54 Å². The minimum Gasteiger partial charge on any atom is -0.375 e. The van der Waals surface area contributed by atoms with E-state index in [2.05, 4.69) is 5.32 Å². The van der Waals surface area contributed by atoms with Crippen LogP contribution in [0.4, 0.5) is 0 Å². The number of hydrogen-bond donors (Lipinski definition) is 1. The van der Waals surface area contributed by atoms with E-state index in [0.29, 0.717) is 26.2 Å². The van der Waals surface area contributed by atoms with Crippen LogP contribution in [0.3, 0.4) is 0 Å². The maximum absolute atomic E-state index is 12.9. The van der Waals surface area contributed by atoms with E-state index in [1.54, 1.807) is 4.90 Å². The number of nitrogens with zero attached hydrogens (tertiary/aromatic N) is 1. The topological polar surface area (TPSA) is 58.6 Å². The van der Waals surface area contributed by atoms with Gasteiger partial charge in [-0.05, 0) is 17.4 Å². The van der Waals surface area contributed by atoms with Gasteiger partial charge in [0.1, 0.15) is 12.1 Å². The summed E-state index contributed by atoms with van der Waals surface area (Å²) >= 11 is 0. The molecule has 2 unspecified atom stereocenters. The molecule has 0 bridgehead atoms. The van der Waals surface area contributed by atoms with Gasteiger partial charge in [-0.25, -0.2) is 0 Å². The molecule has 2 rings (SSSR count). The van der Waals surface area contributed by atoms with Crippen molar-refractivity contribution in [3.63, 3.8) is 0 Å². The molecule has 2 atom stereocenters. The maximum atomic E-state index is 12.9. The smallest absolute Gasteiger partial charge is 0.246 e. The fourth-order valence-corrected chi connectivity index (χ4v) is 3.10. The van der Waals surface area contributed by atoms with Crippen LogP contribution in [0.1, 0.15) is 46.1 Å². The highest BCUT2D eigenvalue weighted by atomic mass is 16.5. The SMILES string of the molecule is CCCC1C(=O)NC(C(C)(C)C)C(=O)N1CCOCc1ccccc1. The number of amides is 2. The number of ether oxygens (including phenoxy) is 1. The molecule has 25 heavy (non-hydrogen) atoms. The van der Waals surface area contributed by atoms with E-state index in [4.69, 9.17) is 4.74 Å². The van der Waals surface area contributed by atoms with E-state index < -0.39 is 12.1 Å². The number of carbonyl (C=O) groups is 2. The molecule has 0 aromatic heterocycles. The molecule has 1 aromatic rings. The third-order valence-electron chi connectivity index (χ3n) is 4.51. The van der Waals surface area contributed by atoms with Crippen LogP contribution in [0.25, 0.3) is 0 Å². The summed E-state index contributed by atoms with van der Waals surface area (Å²) in [6, 6.07) is 9.06. The van der Waals surface area contributed by atoms with Gasteiger partial charge in [0.15, 0.2) is 0 Å². The summed E-state index contributed by atoms with van der Waals surface area (Å²) in [5.74, 6) is -0.0571. The van der Waals surface area contributed by atoms with Crippen molar-refractivity contribution >= 4 is 11.8 Å². The Labute approximate surface area is 150 Å². The van der Waals surface area contributed by atoms with Gasteiger partial charge in [-0.1, -0.05) is 64.4 Å². The first-order valence-corrected chi connectivity index (χ1v) is 9.07. The van der Waals surface area contributed by atoms with Crippen LogP contribution < -0.4 is 5.32 Å².